The lowest BCUT2D eigenvalue weighted by Gasteiger charge is -2.18. The van der Waals surface area contributed by atoms with Gasteiger partial charge < -0.3 is 5.32 Å². The average molecular weight is 306 g/mol. The summed E-state index contributed by atoms with van der Waals surface area (Å²) in [4.78, 5) is 5.99. The molecule has 20 heavy (non-hydrogen) atoms. The third-order valence-electron chi connectivity index (χ3n) is 4.13. The van der Waals surface area contributed by atoms with Crippen LogP contribution in [0.25, 0.3) is 0 Å². The van der Waals surface area contributed by atoms with Crippen molar-refractivity contribution in [1.82, 2.24) is 5.32 Å². The van der Waals surface area contributed by atoms with E-state index in [2.05, 4.69) is 44.3 Å². The SMILES string of the molecule is Cc1ccc(C(C)NC(C)c2cc3c(s2)CCCC3)s1. The Labute approximate surface area is 130 Å². The highest BCUT2D eigenvalue weighted by molar-refractivity contribution is 7.12. The van der Waals surface area contributed by atoms with E-state index in [0.29, 0.717) is 12.1 Å². The maximum Gasteiger partial charge on any atom is 0.0391 e. The summed E-state index contributed by atoms with van der Waals surface area (Å²) < 4.78 is 0. The number of thiophene rings is 2. The molecule has 0 radical (unpaired) electrons. The molecular formula is C17H23NS2. The quantitative estimate of drug-likeness (QED) is 0.796. The Morgan fingerprint density at radius 2 is 1.75 bits per heavy atom. The van der Waals surface area contributed by atoms with Crippen molar-refractivity contribution in [2.75, 3.05) is 0 Å². The lowest BCUT2D eigenvalue weighted by atomic mass is 9.99. The van der Waals surface area contributed by atoms with E-state index in [4.69, 9.17) is 0 Å². The molecule has 0 saturated carbocycles. The fourth-order valence-corrected chi connectivity index (χ4v) is 5.11. The van der Waals surface area contributed by atoms with Crippen LogP contribution in [0.15, 0.2) is 18.2 Å². The standard InChI is InChI=1S/C17H23NS2/c1-11-8-9-15(19-11)12(2)18-13(3)17-10-14-6-4-5-7-16(14)20-17/h8-10,12-13,18H,4-7H2,1-3H3. The molecule has 1 N–H and O–H groups in total. The zero-order valence-corrected chi connectivity index (χ0v) is 14.2. The Bertz CT molecular complexity index is 558. The second kappa shape index (κ2) is 6.00. The van der Waals surface area contributed by atoms with Gasteiger partial charge >= 0.3 is 0 Å². The first kappa shape index (κ1) is 14.3. The van der Waals surface area contributed by atoms with Gasteiger partial charge in [0.2, 0.25) is 0 Å². The highest BCUT2D eigenvalue weighted by Crippen LogP contribution is 2.34. The van der Waals surface area contributed by atoms with Gasteiger partial charge in [-0.3, -0.25) is 0 Å². The highest BCUT2D eigenvalue weighted by Gasteiger charge is 2.18. The van der Waals surface area contributed by atoms with Crippen molar-refractivity contribution in [3.63, 3.8) is 0 Å². The van der Waals surface area contributed by atoms with Crippen LogP contribution >= 0.6 is 22.7 Å². The van der Waals surface area contributed by atoms with Crippen molar-refractivity contribution in [2.24, 2.45) is 0 Å². The summed E-state index contributed by atoms with van der Waals surface area (Å²) in [5, 5.41) is 3.76. The summed E-state index contributed by atoms with van der Waals surface area (Å²) in [5.74, 6) is 0. The normalized spacial score (nSPS) is 17.8. The first-order valence-corrected chi connectivity index (χ1v) is 9.20. The molecule has 0 saturated heterocycles. The molecular weight excluding hydrogens is 282 g/mol. The Hall–Kier alpha value is -0.640. The maximum absolute atomic E-state index is 3.76. The summed E-state index contributed by atoms with van der Waals surface area (Å²) in [5.41, 5.74) is 1.62. The molecule has 0 amide bonds. The molecule has 2 heterocycles. The van der Waals surface area contributed by atoms with Crippen molar-refractivity contribution in [3.8, 4) is 0 Å². The number of hydrogen-bond donors (Lipinski definition) is 1. The van der Waals surface area contributed by atoms with Crippen LogP contribution in [0.5, 0.6) is 0 Å². The minimum Gasteiger partial charge on any atom is -0.302 e. The van der Waals surface area contributed by atoms with Crippen molar-refractivity contribution in [2.45, 2.75) is 58.5 Å². The van der Waals surface area contributed by atoms with E-state index >= 15 is 0 Å². The van der Waals surface area contributed by atoms with Crippen LogP contribution in [-0.2, 0) is 12.8 Å². The van der Waals surface area contributed by atoms with E-state index in [9.17, 15) is 0 Å². The Morgan fingerprint density at radius 3 is 2.45 bits per heavy atom. The minimum atomic E-state index is 0.433. The van der Waals surface area contributed by atoms with Gasteiger partial charge in [0.1, 0.15) is 0 Å². The third kappa shape index (κ3) is 3.00. The minimum absolute atomic E-state index is 0.433. The number of hydrogen-bond acceptors (Lipinski definition) is 3. The monoisotopic (exact) mass is 305 g/mol. The van der Waals surface area contributed by atoms with Gasteiger partial charge in [0.25, 0.3) is 0 Å². The topological polar surface area (TPSA) is 12.0 Å². The zero-order chi connectivity index (χ0) is 14.1. The molecule has 1 aliphatic rings. The second-order valence-corrected chi connectivity index (χ2v) is 8.35. The van der Waals surface area contributed by atoms with Crippen LogP contribution in [0.1, 0.15) is 63.8 Å². The van der Waals surface area contributed by atoms with Gasteiger partial charge in [-0.25, -0.2) is 0 Å². The predicted octanol–water partition coefficient (Wildman–Crippen LogP) is 5.41. The molecule has 0 aromatic carbocycles. The van der Waals surface area contributed by atoms with Gasteiger partial charge in [-0.2, -0.15) is 0 Å². The van der Waals surface area contributed by atoms with Gasteiger partial charge in [-0.05, 0) is 70.2 Å². The lowest BCUT2D eigenvalue weighted by molar-refractivity contribution is 0.505. The van der Waals surface area contributed by atoms with Crippen molar-refractivity contribution >= 4 is 22.7 Å². The molecule has 2 atom stereocenters. The molecule has 2 aromatic rings. The molecule has 108 valence electrons. The molecule has 3 rings (SSSR count). The van der Waals surface area contributed by atoms with Crippen LogP contribution in [0.2, 0.25) is 0 Å². The molecule has 1 nitrogen and oxygen atoms in total. The fraction of sp³-hybridized carbons (Fsp3) is 0.529. The third-order valence-corrected chi connectivity index (χ3v) is 6.73. The van der Waals surface area contributed by atoms with Crippen LogP contribution in [0, 0.1) is 6.92 Å². The average Bonchev–Trinajstić information content (AvgIpc) is 3.04. The maximum atomic E-state index is 3.76. The summed E-state index contributed by atoms with van der Waals surface area (Å²) >= 11 is 3.93. The van der Waals surface area contributed by atoms with Gasteiger partial charge in [0.05, 0.1) is 0 Å². The smallest absolute Gasteiger partial charge is 0.0391 e. The number of fused-ring (bicyclic) bond motifs is 1. The Kier molecular flexibility index (Phi) is 4.29. The van der Waals surface area contributed by atoms with Crippen LogP contribution < -0.4 is 5.32 Å². The number of nitrogens with one attached hydrogen (secondary N) is 1. The molecule has 2 unspecified atom stereocenters. The summed E-state index contributed by atoms with van der Waals surface area (Å²) in [6.45, 7) is 6.75. The Balaban J connectivity index is 1.69. The van der Waals surface area contributed by atoms with Crippen molar-refractivity contribution < 1.29 is 0 Å². The Morgan fingerprint density at radius 1 is 1.00 bits per heavy atom. The van der Waals surface area contributed by atoms with E-state index in [0.717, 1.165) is 0 Å². The van der Waals surface area contributed by atoms with Crippen LogP contribution in [0.4, 0.5) is 0 Å². The largest absolute Gasteiger partial charge is 0.302 e. The summed E-state index contributed by atoms with van der Waals surface area (Å²) in [6, 6.07) is 7.80. The van der Waals surface area contributed by atoms with Gasteiger partial charge in [0, 0.05) is 31.6 Å². The molecule has 3 heteroatoms. The first-order chi connectivity index (χ1) is 9.63. The summed E-state index contributed by atoms with van der Waals surface area (Å²) in [7, 11) is 0. The molecule has 0 fully saturated rings. The van der Waals surface area contributed by atoms with E-state index < -0.39 is 0 Å². The second-order valence-electron chi connectivity index (χ2n) is 5.86. The number of aryl methyl sites for hydroxylation is 3. The number of rotatable bonds is 4. The first-order valence-electron chi connectivity index (χ1n) is 7.57. The van der Waals surface area contributed by atoms with Crippen molar-refractivity contribution in [1.29, 1.82) is 0 Å². The molecule has 0 bridgehead atoms. The summed E-state index contributed by atoms with van der Waals surface area (Å²) in [6.07, 6.45) is 5.33. The molecule has 0 spiro atoms. The van der Waals surface area contributed by atoms with E-state index in [1.807, 2.05) is 22.7 Å². The van der Waals surface area contributed by atoms with Crippen LogP contribution in [0.3, 0.4) is 0 Å². The zero-order valence-electron chi connectivity index (χ0n) is 12.5. The molecule has 2 aromatic heterocycles. The van der Waals surface area contributed by atoms with Crippen molar-refractivity contribution in [3.05, 3.63) is 43.3 Å². The predicted molar refractivity (Wildman–Crippen MR) is 90.0 cm³/mol. The fourth-order valence-electron chi connectivity index (χ4n) is 2.95. The van der Waals surface area contributed by atoms with Crippen LogP contribution in [-0.4, -0.2) is 0 Å². The molecule has 1 aliphatic carbocycles. The lowest BCUT2D eigenvalue weighted by Crippen LogP contribution is -2.21. The van der Waals surface area contributed by atoms with E-state index in [1.165, 1.54) is 40.3 Å². The van der Waals surface area contributed by atoms with Gasteiger partial charge in [-0.1, -0.05) is 0 Å². The van der Waals surface area contributed by atoms with E-state index in [-0.39, 0.29) is 0 Å². The highest BCUT2D eigenvalue weighted by atomic mass is 32.1. The van der Waals surface area contributed by atoms with E-state index in [1.54, 1.807) is 10.4 Å². The van der Waals surface area contributed by atoms with Gasteiger partial charge in [-0.15, -0.1) is 22.7 Å². The van der Waals surface area contributed by atoms with Gasteiger partial charge in [0.15, 0.2) is 0 Å². The molecule has 0 aliphatic heterocycles.